The van der Waals surface area contributed by atoms with E-state index in [4.69, 9.17) is 0 Å². The quantitative estimate of drug-likeness (QED) is 0.760. The zero-order valence-corrected chi connectivity index (χ0v) is 9.93. The van der Waals surface area contributed by atoms with E-state index in [-0.39, 0.29) is 0 Å². The topological polar surface area (TPSA) is 12.0 Å². The molecular weight excluding hydrogens is 202 g/mol. The third-order valence-corrected chi connectivity index (χ3v) is 4.07. The minimum atomic E-state index is 0.605. The van der Waals surface area contributed by atoms with Crippen molar-refractivity contribution < 1.29 is 0 Å². The normalized spacial score (nSPS) is 26.4. The van der Waals surface area contributed by atoms with E-state index in [2.05, 4.69) is 29.4 Å². The molecule has 1 nitrogen and oxygen atoms in total. The molecule has 2 heterocycles. The maximum atomic E-state index is 3.79. The molecule has 0 aliphatic carbocycles. The van der Waals surface area contributed by atoms with Gasteiger partial charge in [-0.05, 0) is 43.6 Å². The van der Waals surface area contributed by atoms with Gasteiger partial charge in [0.25, 0.3) is 0 Å². The molecule has 2 rings (SSSR count). The molecule has 82 valence electrons. The maximum Gasteiger partial charge on any atom is 0.0416 e. The van der Waals surface area contributed by atoms with Gasteiger partial charge in [-0.2, -0.15) is 0 Å². The summed E-state index contributed by atoms with van der Waals surface area (Å²) >= 11 is 1.87. The molecule has 0 spiro atoms. The number of rotatable bonds is 4. The Kier molecular flexibility index (Phi) is 3.98. The fourth-order valence-electron chi connectivity index (χ4n) is 2.28. The number of thiophene rings is 1. The SMILES string of the molecule is C=CCCC1CCCC(c2cccs2)N1. The van der Waals surface area contributed by atoms with Gasteiger partial charge in [0.1, 0.15) is 0 Å². The van der Waals surface area contributed by atoms with E-state index in [1.807, 2.05) is 17.4 Å². The van der Waals surface area contributed by atoms with Crippen molar-refractivity contribution in [3.05, 3.63) is 35.0 Å². The molecule has 2 heteroatoms. The van der Waals surface area contributed by atoms with Gasteiger partial charge in [0.15, 0.2) is 0 Å². The van der Waals surface area contributed by atoms with Crippen LogP contribution in [0.5, 0.6) is 0 Å². The number of piperidine rings is 1. The van der Waals surface area contributed by atoms with Crippen LogP contribution in [0.3, 0.4) is 0 Å². The van der Waals surface area contributed by atoms with E-state index in [1.165, 1.54) is 30.6 Å². The second-order valence-electron chi connectivity index (χ2n) is 4.23. The van der Waals surface area contributed by atoms with Crippen LogP contribution in [-0.4, -0.2) is 6.04 Å². The Labute approximate surface area is 96.2 Å². The zero-order valence-electron chi connectivity index (χ0n) is 9.11. The van der Waals surface area contributed by atoms with Gasteiger partial charge in [0.2, 0.25) is 0 Å². The van der Waals surface area contributed by atoms with E-state index in [0.717, 1.165) is 6.42 Å². The van der Waals surface area contributed by atoms with Crippen LogP contribution in [0, 0.1) is 0 Å². The van der Waals surface area contributed by atoms with Crippen molar-refractivity contribution in [2.45, 2.75) is 44.2 Å². The summed E-state index contributed by atoms with van der Waals surface area (Å²) in [6.45, 7) is 3.79. The molecular formula is C13H19NS. The summed E-state index contributed by atoms with van der Waals surface area (Å²) in [5, 5.41) is 5.92. The van der Waals surface area contributed by atoms with E-state index >= 15 is 0 Å². The van der Waals surface area contributed by atoms with Crippen molar-refractivity contribution in [2.75, 3.05) is 0 Å². The number of allylic oxidation sites excluding steroid dienone is 1. The second kappa shape index (κ2) is 5.47. The van der Waals surface area contributed by atoms with E-state index < -0.39 is 0 Å². The van der Waals surface area contributed by atoms with Crippen LogP contribution in [0.25, 0.3) is 0 Å². The summed E-state index contributed by atoms with van der Waals surface area (Å²) in [6, 6.07) is 5.70. The fraction of sp³-hybridized carbons (Fsp3) is 0.538. The van der Waals surface area contributed by atoms with E-state index in [0.29, 0.717) is 12.1 Å². The van der Waals surface area contributed by atoms with Crippen LogP contribution >= 0.6 is 11.3 Å². The van der Waals surface area contributed by atoms with Crippen LogP contribution < -0.4 is 5.32 Å². The Morgan fingerprint density at radius 3 is 3.20 bits per heavy atom. The van der Waals surface area contributed by atoms with Gasteiger partial charge in [0.05, 0.1) is 0 Å². The zero-order chi connectivity index (χ0) is 10.5. The lowest BCUT2D eigenvalue weighted by Gasteiger charge is -2.30. The highest BCUT2D eigenvalue weighted by Crippen LogP contribution is 2.29. The first kappa shape index (κ1) is 10.9. The summed E-state index contributed by atoms with van der Waals surface area (Å²) < 4.78 is 0. The summed E-state index contributed by atoms with van der Waals surface area (Å²) in [5.41, 5.74) is 0. The van der Waals surface area contributed by atoms with Crippen molar-refractivity contribution in [1.29, 1.82) is 0 Å². The Balaban J connectivity index is 1.89. The van der Waals surface area contributed by atoms with Gasteiger partial charge in [-0.1, -0.05) is 12.1 Å². The first-order valence-corrected chi connectivity index (χ1v) is 6.68. The predicted molar refractivity (Wildman–Crippen MR) is 67.3 cm³/mol. The van der Waals surface area contributed by atoms with Crippen LogP contribution in [0.1, 0.15) is 43.0 Å². The van der Waals surface area contributed by atoms with Gasteiger partial charge < -0.3 is 5.32 Å². The molecule has 0 saturated carbocycles. The lowest BCUT2D eigenvalue weighted by atomic mass is 9.95. The number of nitrogens with one attached hydrogen (secondary N) is 1. The molecule has 0 amide bonds. The smallest absolute Gasteiger partial charge is 0.0416 e. The highest BCUT2D eigenvalue weighted by atomic mass is 32.1. The van der Waals surface area contributed by atoms with Crippen LogP contribution in [0.4, 0.5) is 0 Å². The molecule has 2 unspecified atom stereocenters. The Hall–Kier alpha value is -0.600. The summed E-state index contributed by atoms with van der Waals surface area (Å²) in [6.07, 6.45) is 8.38. The van der Waals surface area contributed by atoms with Crippen molar-refractivity contribution in [3.8, 4) is 0 Å². The highest BCUT2D eigenvalue weighted by Gasteiger charge is 2.21. The van der Waals surface area contributed by atoms with Crippen molar-refractivity contribution in [2.24, 2.45) is 0 Å². The number of hydrogen-bond acceptors (Lipinski definition) is 2. The molecule has 1 aliphatic heterocycles. The highest BCUT2D eigenvalue weighted by molar-refractivity contribution is 7.10. The molecule has 0 bridgehead atoms. The molecule has 0 aromatic carbocycles. The van der Waals surface area contributed by atoms with Gasteiger partial charge in [0, 0.05) is 17.0 Å². The summed E-state index contributed by atoms with van der Waals surface area (Å²) in [7, 11) is 0. The minimum Gasteiger partial charge on any atom is -0.306 e. The molecule has 1 aliphatic rings. The summed E-state index contributed by atoms with van der Waals surface area (Å²) in [4.78, 5) is 1.50. The lowest BCUT2D eigenvalue weighted by Crippen LogP contribution is -2.36. The van der Waals surface area contributed by atoms with E-state index in [9.17, 15) is 0 Å². The van der Waals surface area contributed by atoms with Gasteiger partial charge in [-0.15, -0.1) is 17.9 Å². The van der Waals surface area contributed by atoms with Crippen molar-refractivity contribution in [1.82, 2.24) is 5.32 Å². The molecule has 15 heavy (non-hydrogen) atoms. The van der Waals surface area contributed by atoms with Crippen molar-refractivity contribution in [3.63, 3.8) is 0 Å². The Morgan fingerprint density at radius 1 is 1.53 bits per heavy atom. The summed E-state index contributed by atoms with van der Waals surface area (Å²) in [5.74, 6) is 0. The number of hydrogen-bond donors (Lipinski definition) is 1. The molecule has 0 radical (unpaired) electrons. The third-order valence-electron chi connectivity index (χ3n) is 3.09. The van der Waals surface area contributed by atoms with Gasteiger partial charge in [-0.25, -0.2) is 0 Å². The van der Waals surface area contributed by atoms with Crippen LogP contribution in [0.2, 0.25) is 0 Å². The van der Waals surface area contributed by atoms with Gasteiger partial charge >= 0.3 is 0 Å². The average Bonchev–Trinajstić information content (AvgIpc) is 2.80. The largest absolute Gasteiger partial charge is 0.306 e. The maximum absolute atomic E-state index is 3.79. The first-order chi connectivity index (χ1) is 7.40. The second-order valence-corrected chi connectivity index (χ2v) is 5.21. The lowest BCUT2D eigenvalue weighted by molar-refractivity contribution is 0.316. The Bertz CT molecular complexity index is 291. The fourth-order valence-corrected chi connectivity index (χ4v) is 3.10. The predicted octanol–water partition coefficient (Wildman–Crippen LogP) is 3.90. The van der Waals surface area contributed by atoms with Crippen LogP contribution in [-0.2, 0) is 0 Å². The molecule has 1 fully saturated rings. The Morgan fingerprint density at radius 2 is 2.47 bits per heavy atom. The molecule has 1 N–H and O–H groups in total. The molecule has 2 atom stereocenters. The third kappa shape index (κ3) is 2.93. The molecule has 1 saturated heterocycles. The van der Waals surface area contributed by atoms with Crippen molar-refractivity contribution >= 4 is 11.3 Å². The first-order valence-electron chi connectivity index (χ1n) is 5.80. The standard InChI is InChI=1S/C13H19NS/c1-2-3-6-11-7-4-8-12(14-11)13-9-5-10-15-13/h2,5,9-12,14H,1,3-4,6-8H2. The minimum absolute atomic E-state index is 0.605. The molecule has 1 aromatic heterocycles. The average molecular weight is 221 g/mol. The van der Waals surface area contributed by atoms with E-state index in [1.54, 1.807) is 0 Å². The van der Waals surface area contributed by atoms with Crippen LogP contribution in [0.15, 0.2) is 30.2 Å². The molecule has 1 aromatic rings. The monoisotopic (exact) mass is 221 g/mol. The van der Waals surface area contributed by atoms with Gasteiger partial charge in [-0.3, -0.25) is 0 Å².